The lowest BCUT2D eigenvalue weighted by molar-refractivity contribution is -0.149. The molecule has 4 N–H and O–H groups in total. The highest BCUT2D eigenvalue weighted by atomic mass is 16.3. The standard InChI is InChI=1S/C54H58N2O4/c57-50(55-48(36-42-22-8-1-9-23-42)53(59,38-44-26-12-3-13-27-44)39-45-28-14-4-15-29-45)52(34-20-7-21-35-52)51(58)56-49(37-43-24-10-2-11-25-43)54(60,40-46-30-16-5-17-31-46)41-47-32-18-6-19-33-47/h1-6,8-19,22-33,48-49,59-60H,7,20-21,34-41H2,(H,55,57)(H,56,58)/t48-,49-/m1/s1. The number of hydrogen-bond acceptors (Lipinski definition) is 4. The van der Waals surface area contributed by atoms with E-state index >= 15 is 9.59 Å². The fourth-order valence-corrected chi connectivity index (χ4v) is 9.17. The number of aliphatic hydroxyl groups is 2. The molecule has 2 amide bonds. The molecule has 6 aromatic carbocycles. The zero-order chi connectivity index (χ0) is 41.7. The summed E-state index contributed by atoms with van der Waals surface area (Å²) in [7, 11) is 0. The lowest BCUT2D eigenvalue weighted by atomic mass is 9.71. The van der Waals surface area contributed by atoms with E-state index in [9.17, 15) is 10.2 Å². The van der Waals surface area contributed by atoms with Crippen molar-refractivity contribution in [2.24, 2.45) is 5.41 Å². The lowest BCUT2D eigenvalue weighted by Crippen LogP contribution is -2.64. The maximum Gasteiger partial charge on any atom is 0.236 e. The number of hydrogen-bond donors (Lipinski definition) is 4. The van der Waals surface area contributed by atoms with Crippen LogP contribution in [0.15, 0.2) is 182 Å². The number of carbonyl (C=O) groups is 2. The first kappa shape index (κ1) is 42.3. The topological polar surface area (TPSA) is 98.7 Å². The molecule has 0 radical (unpaired) electrons. The number of carbonyl (C=O) groups excluding carboxylic acids is 2. The maximum absolute atomic E-state index is 15.3. The van der Waals surface area contributed by atoms with Gasteiger partial charge in [0.15, 0.2) is 0 Å². The van der Waals surface area contributed by atoms with E-state index < -0.39 is 28.7 Å². The van der Waals surface area contributed by atoms with Gasteiger partial charge < -0.3 is 20.8 Å². The van der Waals surface area contributed by atoms with E-state index in [-0.39, 0.29) is 11.8 Å². The first-order chi connectivity index (χ1) is 29.2. The Morgan fingerprint density at radius 3 is 0.933 bits per heavy atom. The summed E-state index contributed by atoms with van der Waals surface area (Å²) in [6, 6.07) is 58.0. The minimum atomic E-state index is -1.41. The Labute approximate surface area is 355 Å². The summed E-state index contributed by atoms with van der Waals surface area (Å²) in [6.45, 7) is 0. The van der Waals surface area contributed by atoms with Crippen molar-refractivity contribution in [2.45, 2.75) is 93.9 Å². The third-order valence-corrected chi connectivity index (χ3v) is 12.5. The number of rotatable bonds is 18. The quantitative estimate of drug-likeness (QED) is 0.0654. The van der Waals surface area contributed by atoms with Crippen LogP contribution in [0.2, 0.25) is 0 Å². The van der Waals surface area contributed by atoms with E-state index in [1.807, 2.05) is 182 Å². The molecule has 1 fully saturated rings. The van der Waals surface area contributed by atoms with E-state index in [0.29, 0.717) is 64.2 Å². The molecule has 0 heterocycles. The highest BCUT2D eigenvalue weighted by Gasteiger charge is 2.51. The van der Waals surface area contributed by atoms with E-state index in [0.717, 1.165) is 39.8 Å². The van der Waals surface area contributed by atoms with Crippen molar-refractivity contribution in [1.82, 2.24) is 10.6 Å². The van der Waals surface area contributed by atoms with Gasteiger partial charge in [0.05, 0.1) is 23.3 Å². The smallest absolute Gasteiger partial charge is 0.236 e. The van der Waals surface area contributed by atoms with E-state index in [1.165, 1.54) is 0 Å². The molecule has 7 rings (SSSR count). The number of nitrogens with one attached hydrogen (secondary N) is 2. The first-order valence-electron chi connectivity index (χ1n) is 21.5. The van der Waals surface area contributed by atoms with Crippen molar-refractivity contribution in [3.63, 3.8) is 0 Å². The molecule has 1 aliphatic rings. The predicted molar refractivity (Wildman–Crippen MR) is 240 cm³/mol. The van der Waals surface area contributed by atoms with Gasteiger partial charge in [0.1, 0.15) is 5.41 Å². The summed E-state index contributed by atoms with van der Waals surface area (Å²) >= 11 is 0. The Morgan fingerprint density at radius 2 is 0.667 bits per heavy atom. The van der Waals surface area contributed by atoms with Gasteiger partial charge in [-0.15, -0.1) is 0 Å². The van der Waals surface area contributed by atoms with Crippen LogP contribution in [-0.4, -0.2) is 45.3 Å². The van der Waals surface area contributed by atoms with Crippen LogP contribution in [0.4, 0.5) is 0 Å². The Bertz CT molecular complexity index is 1970. The number of benzene rings is 6. The molecule has 1 saturated carbocycles. The third kappa shape index (κ3) is 10.9. The molecule has 6 heteroatoms. The Balaban J connectivity index is 1.26. The molecule has 1 aliphatic carbocycles. The molecule has 2 atom stereocenters. The average Bonchev–Trinajstić information content (AvgIpc) is 3.28. The summed E-state index contributed by atoms with van der Waals surface area (Å²) in [4.78, 5) is 30.7. The van der Waals surface area contributed by atoms with Crippen molar-refractivity contribution in [3.8, 4) is 0 Å². The fourth-order valence-electron chi connectivity index (χ4n) is 9.17. The average molecular weight is 799 g/mol. The molecule has 0 spiro atoms. The summed E-state index contributed by atoms with van der Waals surface area (Å²) in [5.74, 6) is -0.762. The molecule has 60 heavy (non-hydrogen) atoms. The van der Waals surface area contributed by atoms with Crippen LogP contribution in [0.5, 0.6) is 0 Å². The fraction of sp³-hybridized carbons (Fsp3) is 0.296. The van der Waals surface area contributed by atoms with Crippen molar-refractivity contribution in [3.05, 3.63) is 215 Å². The van der Waals surface area contributed by atoms with Crippen molar-refractivity contribution >= 4 is 11.8 Å². The lowest BCUT2D eigenvalue weighted by Gasteiger charge is -2.43. The van der Waals surface area contributed by atoms with E-state index in [4.69, 9.17) is 0 Å². The van der Waals surface area contributed by atoms with Crippen LogP contribution in [0.3, 0.4) is 0 Å². The highest BCUT2D eigenvalue weighted by Crippen LogP contribution is 2.39. The molecule has 0 unspecified atom stereocenters. The second-order valence-corrected chi connectivity index (χ2v) is 16.9. The summed E-state index contributed by atoms with van der Waals surface area (Å²) < 4.78 is 0. The summed E-state index contributed by atoms with van der Waals surface area (Å²) in [5, 5.41) is 32.8. The molecule has 0 bridgehead atoms. The zero-order valence-corrected chi connectivity index (χ0v) is 34.5. The molecule has 0 aromatic heterocycles. The predicted octanol–water partition coefficient (Wildman–Crippen LogP) is 8.82. The van der Waals surface area contributed by atoms with Crippen LogP contribution in [0.1, 0.15) is 65.5 Å². The highest BCUT2D eigenvalue weighted by molar-refractivity contribution is 6.05. The normalized spacial score (nSPS) is 15.0. The van der Waals surface area contributed by atoms with Crippen LogP contribution in [0, 0.1) is 5.41 Å². The van der Waals surface area contributed by atoms with Gasteiger partial charge in [-0.1, -0.05) is 201 Å². The molecule has 6 aromatic rings. The summed E-state index contributed by atoms with van der Waals surface area (Å²) in [6.07, 6.45) is 5.00. The molecule has 0 saturated heterocycles. The second-order valence-electron chi connectivity index (χ2n) is 16.9. The zero-order valence-electron chi connectivity index (χ0n) is 34.5. The third-order valence-electron chi connectivity index (χ3n) is 12.5. The Kier molecular flexibility index (Phi) is 14.1. The van der Waals surface area contributed by atoms with Crippen LogP contribution in [-0.2, 0) is 48.1 Å². The monoisotopic (exact) mass is 798 g/mol. The van der Waals surface area contributed by atoms with Gasteiger partial charge in [0.2, 0.25) is 11.8 Å². The molecule has 0 aliphatic heterocycles. The van der Waals surface area contributed by atoms with Gasteiger partial charge in [-0.05, 0) is 59.1 Å². The van der Waals surface area contributed by atoms with E-state index in [1.54, 1.807) is 0 Å². The van der Waals surface area contributed by atoms with Crippen molar-refractivity contribution in [2.75, 3.05) is 0 Å². The largest absolute Gasteiger partial charge is 0.387 e. The van der Waals surface area contributed by atoms with E-state index in [2.05, 4.69) is 10.6 Å². The van der Waals surface area contributed by atoms with Crippen LogP contribution >= 0.6 is 0 Å². The first-order valence-corrected chi connectivity index (χ1v) is 21.5. The summed E-state index contributed by atoms with van der Waals surface area (Å²) in [5.41, 5.74) is 1.51. The maximum atomic E-state index is 15.3. The number of amides is 2. The van der Waals surface area contributed by atoms with Gasteiger partial charge in [0, 0.05) is 25.7 Å². The second kappa shape index (κ2) is 20.0. The van der Waals surface area contributed by atoms with Gasteiger partial charge in [-0.2, -0.15) is 0 Å². The minimum Gasteiger partial charge on any atom is -0.387 e. The molecule has 6 nitrogen and oxygen atoms in total. The van der Waals surface area contributed by atoms with Crippen LogP contribution in [0.25, 0.3) is 0 Å². The van der Waals surface area contributed by atoms with Gasteiger partial charge >= 0.3 is 0 Å². The van der Waals surface area contributed by atoms with Crippen LogP contribution < -0.4 is 10.6 Å². The molecular formula is C54H58N2O4. The Hall–Kier alpha value is -5.82. The molecular weight excluding hydrogens is 741 g/mol. The minimum absolute atomic E-state index is 0.296. The van der Waals surface area contributed by atoms with Gasteiger partial charge in [-0.3, -0.25) is 9.59 Å². The van der Waals surface area contributed by atoms with Crippen molar-refractivity contribution in [1.29, 1.82) is 0 Å². The van der Waals surface area contributed by atoms with Crippen molar-refractivity contribution < 1.29 is 19.8 Å². The SMILES string of the molecule is O=C(N[C@H](Cc1ccccc1)C(O)(Cc1ccccc1)Cc1ccccc1)C1(C(=O)N[C@H](Cc2ccccc2)C(O)(Cc2ccccc2)Cc2ccccc2)CCCCC1. The van der Waals surface area contributed by atoms with Gasteiger partial charge in [-0.25, -0.2) is 0 Å². The molecule has 308 valence electrons. The Morgan fingerprint density at radius 1 is 0.417 bits per heavy atom. The van der Waals surface area contributed by atoms with Gasteiger partial charge in [0.25, 0.3) is 0 Å².